The lowest BCUT2D eigenvalue weighted by molar-refractivity contribution is -0.150. The number of rotatable bonds is 5. The minimum absolute atomic E-state index is 0.0442. The highest BCUT2D eigenvalue weighted by Gasteiger charge is 2.69. The van der Waals surface area contributed by atoms with Crippen molar-refractivity contribution >= 4 is 28.7 Å². The van der Waals surface area contributed by atoms with Gasteiger partial charge in [-0.05, 0) is 13.0 Å². The Labute approximate surface area is 162 Å². The highest BCUT2D eigenvalue weighted by atomic mass is 32.2. The lowest BCUT2D eigenvalue weighted by Crippen LogP contribution is -2.46. The van der Waals surface area contributed by atoms with Crippen molar-refractivity contribution in [2.45, 2.75) is 35.6 Å². The number of fused-ring (bicyclic) bond motifs is 5. The van der Waals surface area contributed by atoms with Gasteiger partial charge in [0, 0.05) is 6.42 Å². The maximum atomic E-state index is 14.1. The van der Waals surface area contributed by atoms with Crippen LogP contribution in [0.25, 0.3) is 11.0 Å². The van der Waals surface area contributed by atoms with Gasteiger partial charge in [0.25, 0.3) is 6.43 Å². The van der Waals surface area contributed by atoms with Gasteiger partial charge in [-0.2, -0.15) is 0 Å². The van der Waals surface area contributed by atoms with Crippen LogP contribution in [0.1, 0.15) is 18.9 Å². The van der Waals surface area contributed by atoms with Crippen LogP contribution in [0.2, 0.25) is 0 Å². The first-order valence-electron chi connectivity index (χ1n) is 8.52. The lowest BCUT2D eigenvalue weighted by Gasteiger charge is -2.38. The van der Waals surface area contributed by atoms with Gasteiger partial charge >= 0.3 is 5.97 Å². The SMILES string of the molecule is CCOC(=O)[C@H]1S[C@]2(C(F)F)C[C@@]1(O)c1c(c(OC)c3occc3c1OC)O2. The van der Waals surface area contributed by atoms with Crippen molar-refractivity contribution in [1.29, 1.82) is 0 Å². The van der Waals surface area contributed by atoms with Crippen molar-refractivity contribution in [3.8, 4) is 17.2 Å². The van der Waals surface area contributed by atoms with Gasteiger partial charge in [-0.15, -0.1) is 0 Å². The monoisotopic (exact) mass is 416 g/mol. The Bertz CT molecular complexity index is 946. The van der Waals surface area contributed by atoms with Gasteiger partial charge in [0.1, 0.15) is 16.6 Å². The number of aliphatic hydroxyl groups is 1. The van der Waals surface area contributed by atoms with E-state index in [1.165, 1.54) is 20.5 Å². The van der Waals surface area contributed by atoms with Gasteiger partial charge in [0.15, 0.2) is 11.3 Å². The molecule has 3 atom stereocenters. The average Bonchev–Trinajstić information content (AvgIpc) is 3.22. The predicted molar refractivity (Wildman–Crippen MR) is 95.2 cm³/mol. The number of hydrogen-bond acceptors (Lipinski definition) is 8. The third-order valence-corrected chi connectivity index (χ3v) is 6.62. The standard InChI is InChI=1S/C18H18F2O7S/c1-4-25-15(21)14-17(22)7-18(28-14,16(19)20)27-12-9(17)10(23-2)8-5-6-26-11(8)13(12)24-3/h5-6,14,16,22H,4,7H2,1-3H3/t14-,17-,18+/m1/s1. The number of hydrogen-bond donors (Lipinski definition) is 1. The Morgan fingerprint density at radius 2 is 2.11 bits per heavy atom. The summed E-state index contributed by atoms with van der Waals surface area (Å²) in [4.78, 5) is 10.4. The summed E-state index contributed by atoms with van der Waals surface area (Å²) in [7, 11) is 2.70. The summed E-state index contributed by atoms with van der Waals surface area (Å²) < 4.78 is 55.1. The largest absolute Gasteiger partial charge is 0.495 e. The number of esters is 1. The van der Waals surface area contributed by atoms with Crippen molar-refractivity contribution in [3.63, 3.8) is 0 Å². The zero-order valence-corrected chi connectivity index (χ0v) is 16.1. The van der Waals surface area contributed by atoms with E-state index in [1.807, 2.05) is 0 Å². The molecule has 1 saturated heterocycles. The molecule has 152 valence electrons. The normalized spacial score (nSPS) is 28.2. The second-order valence-electron chi connectivity index (χ2n) is 6.50. The summed E-state index contributed by atoms with van der Waals surface area (Å²) in [5, 5.41) is 10.7. The zero-order valence-electron chi connectivity index (χ0n) is 15.3. The van der Waals surface area contributed by atoms with Gasteiger partial charge in [-0.25, -0.2) is 8.78 Å². The van der Waals surface area contributed by atoms with Crippen LogP contribution in [0.4, 0.5) is 8.78 Å². The minimum Gasteiger partial charge on any atom is -0.495 e. The van der Waals surface area contributed by atoms with Crippen LogP contribution < -0.4 is 14.2 Å². The number of methoxy groups -OCH3 is 2. The number of halogens is 2. The summed E-state index contributed by atoms with van der Waals surface area (Å²) in [6.45, 7) is 1.64. The van der Waals surface area contributed by atoms with Crippen LogP contribution in [-0.4, -0.2) is 48.5 Å². The summed E-state index contributed by atoms with van der Waals surface area (Å²) in [6, 6.07) is 1.59. The molecule has 28 heavy (non-hydrogen) atoms. The molecule has 2 aliphatic heterocycles. The van der Waals surface area contributed by atoms with E-state index in [-0.39, 0.29) is 35.0 Å². The number of carbonyl (C=O) groups excluding carboxylic acids is 1. The Kier molecular flexibility index (Phi) is 4.38. The van der Waals surface area contributed by atoms with Crippen molar-refractivity contribution in [1.82, 2.24) is 0 Å². The topological polar surface area (TPSA) is 87.4 Å². The minimum atomic E-state index is -2.99. The highest BCUT2D eigenvalue weighted by Crippen LogP contribution is 2.66. The Morgan fingerprint density at radius 1 is 1.39 bits per heavy atom. The fourth-order valence-corrected chi connectivity index (χ4v) is 5.40. The second-order valence-corrected chi connectivity index (χ2v) is 7.90. The van der Waals surface area contributed by atoms with E-state index in [0.717, 1.165) is 0 Å². The maximum absolute atomic E-state index is 14.1. The highest BCUT2D eigenvalue weighted by molar-refractivity contribution is 8.02. The Morgan fingerprint density at radius 3 is 2.71 bits per heavy atom. The van der Waals surface area contributed by atoms with E-state index in [0.29, 0.717) is 17.1 Å². The smallest absolute Gasteiger partial charge is 0.322 e. The average molecular weight is 416 g/mol. The van der Waals surface area contributed by atoms with Crippen LogP contribution in [0, 0.1) is 0 Å². The first-order valence-corrected chi connectivity index (χ1v) is 9.40. The predicted octanol–water partition coefficient (Wildman–Crippen LogP) is 3.06. The molecular formula is C18H18F2O7S. The quantitative estimate of drug-likeness (QED) is 0.745. The van der Waals surface area contributed by atoms with Gasteiger partial charge in [-0.1, -0.05) is 11.8 Å². The molecule has 2 aliphatic rings. The molecule has 1 N–H and O–H groups in total. The number of alkyl halides is 2. The van der Waals surface area contributed by atoms with E-state index < -0.39 is 34.6 Å². The molecule has 1 aromatic carbocycles. The van der Waals surface area contributed by atoms with Gasteiger partial charge in [-0.3, -0.25) is 4.79 Å². The maximum Gasteiger partial charge on any atom is 0.322 e. The summed E-state index contributed by atoms with van der Waals surface area (Å²) in [5.74, 6) is -0.719. The van der Waals surface area contributed by atoms with E-state index >= 15 is 0 Å². The van der Waals surface area contributed by atoms with E-state index in [2.05, 4.69) is 0 Å². The Hall–Kier alpha value is -2.20. The third kappa shape index (κ3) is 2.33. The molecule has 2 bridgehead atoms. The number of carbonyl (C=O) groups is 1. The van der Waals surface area contributed by atoms with Crippen molar-refractivity contribution in [2.24, 2.45) is 0 Å². The third-order valence-electron chi connectivity index (χ3n) is 4.99. The fraction of sp³-hybridized carbons (Fsp3) is 0.500. The molecule has 0 unspecified atom stereocenters. The van der Waals surface area contributed by atoms with Gasteiger partial charge < -0.3 is 28.5 Å². The Balaban J connectivity index is 2.05. The molecule has 0 aliphatic carbocycles. The summed E-state index contributed by atoms with van der Waals surface area (Å²) >= 11 is 0.549. The number of thioether (sulfide) groups is 1. The van der Waals surface area contributed by atoms with Crippen molar-refractivity contribution in [2.75, 3.05) is 20.8 Å². The zero-order chi connectivity index (χ0) is 20.3. The molecule has 0 amide bonds. The van der Waals surface area contributed by atoms with Crippen LogP contribution in [0.15, 0.2) is 16.7 Å². The molecule has 1 fully saturated rings. The number of ether oxygens (including phenoxy) is 4. The van der Waals surface area contributed by atoms with Crippen LogP contribution in [-0.2, 0) is 15.1 Å². The van der Waals surface area contributed by atoms with Crippen LogP contribution in [0.3, 0.4) is 0 Å². The molecule has 10 heteroatoms. The molecule has 2 aromatic rings. The first kappa shape index (κ1) is 19.1. The number of benzene rings is 1. The molecule has 3 heterocycles. The van der Waals surface area contributed by atoms with E-state index in [9.17, 15) is 18.7 Å². The van der Waals surface area contributed by atoms with Crippen molar-refractivity contribution in [3.05, 3.63) is 17.9 Å². The molecule has 7 nitrogen and oxygen atoms in total. The fourth-order valence-electron chi connectivity index (χ4n) is 3.90. The van der Waals surface area contributed by atoms with Gasteiger partial charge in [0.2, 0.25) is 10.7 Å². The van der Waals surface area contributed by atoms with Crippen molar-refractivity contribution < 1.29 is 42.0 Å². The van der Waals surface area contributed by atoms with Gasteiger partial charge in [0.05, 0.1) is 38.0 Å². The molecule has 4 rings (SSSR count). The van der Waals surface area contributed by atoms with Crippen LogP contribution in [0.5, 0.6) is 17.2 Å². The molecule has 0 radical (unpaired) electrons. The molecule has 0 spiro atoms. The molecule has 0 saturated carbocycles. The van der Waals surface area contributed by atoms with E-state index in [1.54, 1.807) is 13.0 Å². The molecular weight excluding hydrogens is 398 g/mol. The van der Waals surface area contributed by atoms with E-state index in [4.69, 9.17) is 23.4 Å². The summed E-state index contributed by atoms with van der Waals surface area (Å²) in [6.07, 6.45) is -2.12. The lowest BCUT2D eigenvalue weighted by atomic mass is 9.81. The summed E-state index contributed by atoms with van der Waals surface area (Å²) in [5.41, 5.74) is -1.71. The molecule has 1 aromatic heterocycles. The van der Waals surface area contributed by atoms with Crippen LogP contribution >= 0.6 is 11.8 Å². The number of furan rings is 1. The second kappa shape index (κ2) is 6.41. The first-order chi connectivity index (χ1) is 13.3.